The molecule has 0 atom stereocenters. The average Bonchev–Trinajstić information content (AvgIpc) is 3.52. The molecule has 2 fully saturated rings. The van der Waals surface area contributed by atoms with Gasteiger partial charge in [0.1, 0.15) is 0 Å². The summed E-state index contributed by atoms with van der Waals surface area (Å²) in [6.45, 7) is 2.69. The van der Waals surface area contributed by atoms with Crippen LogP contribution in [0.3, 0.4) is 0 Å². The summed E-state index contributed by atoms with van der Waals surface area (Å²) in [7, 11) is 0. The van der Waals surface area contributed by atoms with Crippen LogP contribution in [0.25, 0.3) is 11.0 Å². The summed E-state index contributed by atoms with van der Waals surface area (Å²) in [6.07, 6.45) is 8.02. The summed E-state index contributed by atoms with van der Waals surface area (Å²) in [5.74, 6) is -0.381. The molecule has 1 N–H and O–H groups in total. The second kappa shape index (κ2) is 9.39. The third kappa shape index (κ3) is 4.66. The summed E-state index contributed by atoms with van der Waals surface area (Å²) < 4.78 is 1.98. The Morgan fingerprint density at radius 3 is 2.48 bits per heavy atom. The van der Waals surface area contributed by atoms with Gasteiger partial charge in [-0.05, 0) is 43.2 Å². The van der Waals surface area contributed by atoms with Gasteiger partial charge in [-0.2, -0.15) is 5.10 Å². The number of rotatable bonds is 5. The van der Waals surface area contributed by atoms with Crippen molar-refractivity contribution in [2.24, 2.45) is 0 Å². The quantitative estimate of drug-likeness (QED) is 0.624. The highest BCUT2D eigenvalue weighted by Gasteiger charge is 2.23. The van der Waals surface area contributed by atoms with E-state index in [1.807, 2.05) is 28.9 Å². The number of carbonyl (C=O) groups is 2. The molecule has 2 amide bonds. The fourth-order valence-electron chi connectivity index (χ4n) is 4.72. The summed E-state index contributed by atoms with van der Waals surface area (Å²) in [5.41, 5.74) is 2.35. The van der Waals surface area contributed by atoms with Crippen molar-refractivity contribution in [3.05, 3.63) is 53.3 Å². The van der Waals surface area contributed by atoms with E-state index >= 15 is 0 Å². The van der Waals surface area contributed by atoms with Crippen LogP contribution in [0.5, 0.6) is 0 Å². The Morgan fingerprint density at radius 1 is 1.03 bits per heavy atom. The summed E-state index contributed by atoms with van der Waals surface area (Å²) in [5, 5.41) is 8.80. The van der Waals surface area contributed by atoms with Crippen molar-refractivity contribution in [3.63, 3.8) is 0 Å². The molecule has 5 rings (SSSR count). The smallest absolute Gasteiger partial charge is 0.253 e. The van der Waals surface area contributed by atoms with Gasteiger partial charge in [0.25, 0.3) is 5.91 Å². The van der Waals surface area contributed by atoms with Crippen LogP contribution < -0.4 is 10.2 Å². The fourth-order valence-corrected chi connectivity index (χ4v) is 4.84. The number of nitrogens with zero attached hydrogens (tertiary/aromatic N) is 5. The number of piperazine rings is 1. The Labute approximate surface area is 197 Å². The molecule has 8 nitrogen and oxygen atoms in total. The molecule has 1 aliphatic carbocycles. The molecule has 1 aromatic carbocycles. The predicted molar refractivity (Wildman–Crippen MR) is 128 cm³/mol. The maximum atomic E-state index is 12.6. The first-order chi connectivity index (χ1) is 16.1. The topological polar surface area (TPSA) is 83.4 Å². The van der Waals surface area contributed by atoms with Gasteiger partial charge in [-0.3, -0.25) is 9.59 Å². The van der Waals surface area contributed by atoms with Crippen molar-refractivity contribution in [3.8, 4) is 0 Å². The van der Waals surface area contributed by atoms with E-state index in [4.69, 9.17) is 11.6 Å². The van der Waals surface area contributed by atoms with E-state index in [-0.39, 0.29) is 18.4 Å². The number of fused-ring (bicyclic) bond motifs is 1. The normalized spacial score (nSPS) is 17.0. The van der Waals surface area contributed by atoms with Crippen LogP contribution >= 0.6 is 11.6 Å². The van der Waals surface area contributed by atoms with Crippen LogP contribution in [-0.4, -0.2) is 64.2 Å². The fraction of sp³-hybridized carbons (Fsp3) is 0.417. The first-order valence-corrected chi connectivity index (χ1v) is 11.9. The molecule has 9 heteroatoms. The van der Waals surface area contributed by atoms with Crippen molar-refractivity contribution in [2.75, 3.05) is 37.6 Å². The summed E-state index contributed by atoms with van der Waals surface area (Å²) >= 11 is 5.96. The van der Waals surface area contributed by atoms with Crippen molar-refractivity contribution in [1.29, 1.82) is 0 Å². The molecule has 3 aromatic rings. The Balaban J connectivity index is 1.14. The van der Waals surface area contributed by atoms with Crippen LogP contribution in [0.1, 0.15) is 42.1 Å². The highest BCUT2D eigenvalue weighted by atomic mass is 35.5. The van der Waals surface area contributed by atoms with Crippen LogP contribution in [-0.2, 0) is 4.79 Å². The van der Waals surface area contributed by atoms with Gasteiger partial charge in [-0.1, -0.05) is 24.4 Å². The molecular weight excluding hydrogens is 440 g/mol. The maximum Gasteiger partial charge on any atom is 0.253 e. The first kappa shape index (κ1) is 21.7. The molecule has 2 aliphatic rings. The van der Waals surface area contributed by atoms with Gasteiger partial charge < -0.3 is 15.1 Å². The minimum Gasteiger partial charge on any atom is -0.368 e. The van der Waals surface area contributed by atoms with Crippen molar-refractivity contribution in [2.45, 2.75) is 31.7 Å². The molecule has 172 valence electrons. The SMILES string of the molecule is O=C(NCC(=O)N1CCN(c2ccc(Cl)cc2)CC1)c1cnc2c(cnn2C2CCCC2)c1. The van der Waals surface area contributed by atoms with Crippen molar-refractivity contribution < 1.29 is 9.59 Å². The van der Waals surface area contributed by atoms with Gasteiger partial charge in [0.05, 0.1) is 24.3 Å². The number of anilines is 1. The van der Waals surface area contributed by atoms with Gasteiger partial charge in [-0.25, -0.2) is 9.67 Å². The van der Waals surface area contributed by atoms with Gasteiger partial charge in [0.2, 0.25) is 5.91 Å². The molecule has 0 spiro atoms. The van der Waals surface area contributed by atoms with Gasteiger partial charge in [0.15, 0.2) is 5.65 Å². The molecule has 0 unspecified atom stereocenters. The zero-order valence-electron chi connectivity index (χ0n) is 18.4. The summed E-state index contributed by atoms with van der Waals surface area (Å²) in [6, 6.07) is 9.91. The average molecular weight is 467 g/mol. The Morgan fingerprint density at radius 2 is 1.76 bits per heavy atom. The van der Waals surface area contributed by atoms with E-state index in [1.54, 1.807) is 23.4 Å². The van der Waals surface area contributed by atoms with Gasteiger partial charge in [-0.15, -0.1) is 0 Å². The van der Waals surface area contributed by atoms with E-state index < -0.39 is 0 Å². The molecule has 1 saturated heterocycles. The number of pyridine rings is 1. The van der Waals surface area contributed by atoms with Crippen molar-refractivity contribution in [1.82, 2.24) is 25.0 Å². The lowest BCUT2D eigenvalue weighted by Gasteiger charge is -2.36. The maximum absolute atomic E-state index is 12.6. The molecule has 2 aromatic heterocycles. The third-order valence-corrected chi connectivity index (χ3v) is 6.84. The van der Waals surface area contributed by atoms with E-state index in [9.17, 15) is 9.59 Å². The Hall–Kier alpha value is -3.13. The third-order valence-electron chi connectivity index (χ3n) is 6.59. The molecular formula is C24H27ClN6O2. The second-order valence-corrected chi connectivity index (χ2v) is 9.13. The minimum atomic E-state index is -0.300. The second-order valence-electron chi connectivity index (χ2n) is 8.69. The van der Waals surface area contributed by atoms with Crippen LogP contribution in [0.15, 0.2) is 42.7 Å². The highest BCUT2D eigenvalue weighted by Crippen LogP contribution is 2.31. The lowest BCUT2D eigenvalue weighted by Crippen LogP contribution is -2.51. The van der Waals surface area contributed by atoms with Crippen LogP contribution in [0.4, 0.5) is 5.69 Å². The largest absolute Gasteiger partial charge is 0.368 e. The monoisotopic (exact) mass is 466 g/mol. The Kier molecular flexibility index (Phi) is 6.17. The van der Waals surface area contributed by atoms with Crippen molar-refractivity contribution >= 4 is 40.1 Å². The van der Waals surface area contributed by atoms with Gasteiger partial charge >= 0.3 is 0 Å². The van der Waals surface area contributed by atoms with E-state index in [2.05, 4.69) is 20.3 Å². The predicted octanol–water partition coefficient (Wildman–Crippen LogP) is 3.28. The number of halogens is 1. The number of amides is 2. The number of hydrogen-bond acceptors (Lipinski definition) is 5. The number of benzene rings is 1. The van der Waals surface area contributed by atoms with E-state index in [0.29, 0.717) is 29.7 Å². The molecule has 1 aliphatic heterocycles. The first-order valence-electron chi connectivity index (χ1n) is 11.5. The van der Waals surface area contributed by atoms with E-state index in [0.717, 1.165) is 42.7 Å². The highest BCUT2D eigenvalue weighted by molar-refractivity contribution is 6.30. The summed E-state index contributed by atoms with van der Waals surface area (Å²) in [4.78, 5) is 33.8. The lowest BCUT2D eigenvalue weighted by molar-refractivity contribution is -0.130. The zero-order valence-corrected chi connectivity index (χ0v) is 19.2. The molecule has 0 radical (unpaired) electrons. The molecule has 3 heterocycles. The number of nitrogens with one attached hydrogen (secondary N) is 1. The molecule has 0 bridgehead atoms. The number of hydrogen-bond donors (Lipinski definition) is 1. The van der Waals surface area contributed by atoms with Crippen LogP contribution in [0, 0.1) is 0 Å². The number of carbonyl (C=O) groups excluding carboxylic acids is 2. The Bertz CT molecular complexity index is 1150. The molecule has 33 heavy (non-hydrogen) atoms. The van der Waals surface area contributed by atoms with E-state index in [1.165, 1.54) is 12.8 Å². The minimum absolute atomic E-state index is 0.0286. The number of aromatic nitrogens is 3. The standard InChI is InChI=1S/C24H27ClN6O2/c25-19-5-7-20(8-6-19)29-9-11-30(12-10-29)22(32)16-27-24(33)18-13-17-15-28-31(23(17)26-14-18)21-3-1-2-4-21/h5-8,13-15,21H,1-4,9-12,16H2,(H,27,33). The van der Waals surface area contributed by atoms with Gasteiger partial charge in [0, 0.05) is 48.5 Å². The molecule has 1 saturated carbocycles. The lowest BCUT2D eigenvalue weighted by atomic mass is 10.2. The van der Waals surface area contributed by atoms with Crippen LogP contribution in [0.2, 0.25) is 5.02 Å². The zero-order chi connectivity index (χ0) is 22.8.